The van der Waals surface area contributed by atoms with Gasteiger partial charge < -0.3 is 14.4 Å². The van der Waals surface area contributed by atoms with Crippen LogP contribution >= 0.6 is 11.6 Å². The Morgan fingerprint density at radius 2 is 2.24 bits per heavy atom. The highest BCUT2D eigenvalue weighted by Gasteiger charge is 2.27. The Labute approximate surface area is 128 Å². The van der Waals surface area contributed by atoms with Crippen LogP contribution in [0.2, 0.25) is 5.02 Å². The number of amides is 1. The molecule has 21 heavy (non-hydrogen) atoms. The summed E-state index contributed by atoms with van der Waals surface area (Å²) in [6.45, 7) is 3.16. The second-order valence-corrected chi connectivity index (χ2v) is 5.42. The maximum Gasteiger partial charge on any atom is 0.308 e. The number of aryl methyl sites for hydroxylation is 1. The molecule has 0 aromatic heterocycles. The monoisotopic (exact) mass is 311 g/mol. The van der Waals surface area contributed by atoms with E-state index in [9.17, 15) is 9.59 Å². The lowest BCUT2D eigenvalue weighted by Gasteiger charge is -2.32. The Morgan fingerprint density at radius 3 is 2.95 bits per heavy atom. The molecule has 1 amide bonds. The number of methoxy groups -OCH3 is 1. The fraction of sp³-hybridized carbons (Fsp3) is 0.467. The SMILES string of the molecule is COC(=O)CC1CN(C(=O)c2cc(Cl)ccc2C)CCO1. The molecule has 1 aromatic rings. The fourth-order valence-electron chi connectivity index (χ4n) is 2.29. The summed E-state index contributed by atoms with van der Waals surface area (Å²) in [5, 5.41) is 0.531. The molecule has 1 atom stereocenters. The zero-order valence-electron chi connectivity index (χ0n) is 12.1. The predicted molar refractivity (Wildman–Crippen MR) is 78.5 cm³/mol. The lowest BCUT2D eigenvalue weighted by molar-refractivity contribution is -0.145. The molecule has 0 radical (unpaired) electrons. The first-order valence-electron chi connectivity index (χ1n) is 6.75. The molecule has 5 nitrogen and oxygen atoms in total. The molecular formula is C15H18ClNO4. The molecule has 1 saturated heterocycles. The van der Waals surface area contributed by atoms with E-state index in [1.54, 1.807) is 17.0 Å². The number of benzene rings is 1. The van der Waals surface area contributed by atoms with Crippen molar-refractivity contribution in [3.8, 4) is 0 Å². The van der Waals surface area contributed by atoms with Crippen molar-refractivity contribution in [2.45, 2.75) is 19.4 Å². The number of morpholine rings is 1. The van der Waals surface area contributed by atoms with Gasteiger partial charge in [-0.05, 0) is 24.6 Å². The summed E-state index contributed by atoms with van der Waals surface area (Å²) in [5.74, 6) is -0.429. The van der Waals surface area contributed by atoms with Crippen LogP contribution in [0.5, 0.6) is 0 Å². The molecule has 0 spiro atoms. The van der Waals surface area contributed by atoms with E-state index in [0.717, 1.165) is 5.56 Å². The summed E-state index contributed by atoms with van der Waals surface area (Å²) in [6, 6.07) is 5.25. The van der Waals surface area contributed by atoms with E-state index < -0.39 is 0 Å². The zero-order chi connectivity index (χ0) is 15.4. The molecule has 1 fully saturated rings. The molecule has 0 saturated carbocycles. The van der Waals surface area contributed by atoms with Crippen molar-refractivity contribution < 1.29 is 19.1 Å². The zero-order valence-corrected chi connectivity index (χ0v) is 12.9. The van der Waals surface area contributed by atoms with Crippen molar-refractivity contribution in [1.82, 2.24) is 4.90 Å². The molecule has 2 rings (SSSR count). The van der Waals surface area contributed by atoms with Crippen LogP contribution in [-0.4, -0.2) is 49.7 Å². The third-order valence-corrected chi connectivity index (χ3v) is 3.71. The number of hydrogen-bond donors (Lipinski definition) is 0. The maximum atomic E-state index is 12.6. The predicted octanol–water partition coefficient (Wildman–Crippen LogP) is 2.05. The van der Waals surface area contributed by atoms with Gasteiger partial charge in [0.05, 0.1) is 26.2 Å². The first-order valence-corrected chi connectivity index (χ1v) is 7.13. The molecular weight excluding hydrogens is 294 g/mol. The molecule has 1 unspecified atom stereocenters. The van der Waals surface area contributed by atoms with Gasteiger partial charge >= 0.3 is 5.97 Å². The van der Waals surface area contributed by atoms with Crippen molar-refractivity contribution >= 4 is 23.5 Å². The average Bonchev–Trinajstić information content (AvgIpc) is 2.49. The van der Waals surface area contributed by atoms with Crippen molar-refractivity contribution in [3.05, 3.63) is 34.3 Å². The van der Waals surface area contributed by atoms with Crippen LogP contribution in [0.4, 0.5) is 0 Å². The van der Waals surface area contributed by atoms with Gasteiger partial charge in [-0.15, -0.1) is 0 Å². The second-order valence-electron chi connectivity index (χ2n) is 4.98. The third kappa shape index (κ3) is 3.95. The number of halogens is 1. The summed E-state index contributed by atoms with van der Waals surface area (Å²) >= 11 is 5.96. The lowest BCUT2D eigenvalue weighted by Crippen LogP contribution is -2.46. The quantitative estimate of drug-likeness (QED) is 0.802. The van der Waals surface area contributed by atoms with Crippen LogP contribution in [0.25, 0.3) is 0 Å². The van der Waals surface area contributed by atoms with E-state index in [4.69, 9.17) is 16.3 Å². The summed E-state index contributed by atoms with van der Waals surface area (Å²) in [7, 11) is 1.34. The average molecular weight is 312 g/mol. The number of ether oxygens (including phenoxy) is 2. The van der Waals surface area contributed by atoms with Crippen LogP contribution in [0.15, 0.2) is 18.2 Å². The van der Waals surface area contributed by atoms with Gasteiger partial charge in [-0.25, -0.2) is 0 Å². The Kier molecular flexibility index (Phi) is 5.20. The second kappa shape index (κ2) is 6.91. The van der Waals surface area contributed by atoms with Gasteiger partial charge in [0.15, 0.2) is 0 Å². The third-order valence-electron chi connectivity index (χ3n) is 3.48. The maximum absolute atomic E-state index is 12.6. The molecule has 1 aliphatic heterocycles. The first kappa shape index (κ1) is 15.8. The van der Waals surface area contributed by atoms with Crippen molar-refractivity contribution in [2.75, 3.05) is 26.8 Å². The normalized spacial score (nSPS) is 18.4. The highest BCUT2D eigenvalue weighted by Crippen LogP contribution is 2.19. The number of esters is 1. The number of nitrogens with zero attached hydrogens (tertiary/aromatic N) is 1. The van der Waals surface area contributed by atoms with Crippen LogP contribution in [0.3, 0.4) is 0 Å². The van der Waals surface area contributed by atoms with Gasteiger partial charge in [0.25, 0.3) is 5.91 Å². The fourth-order valence-corrected chi connectivity index (χ4v) is 2.46. The molecule has 0 bridgehead atoms. The van der Waals surface area contributed by atoms with E-state index in [-0.39, 0.29) is 24.4 Å². The van der Waals surface area contributed by atoms with Crippen LogP contribution in [0.1, 0.15) is 22.3 Å². The standard InChI is InChI=1S/C15H18ClNO4/c1-10-3-4-11(16)7-13(10)15(19)17-5-6-21-12(9-17)8-14(18)20-2/h3-4,7,12H,5-6,8-9H2,1-2H3. The Balaban J connectivity index is 2.08. The minimum atomic E-state index is -0.340. The number of carbonyl (C=O) groups is 2. The van der Waals surface area contributed by atoms with Crippen molar-refractivity contribution in [3.63, 3.8) is 0 Å². The van der Waals surface area contributed by atoms with Crippen LogP contribution < -0.4 is 0 Å². The van der Waals surface area contributed by atoms with Gasteiger partial charge in [0.2, 0.25) is 0 Å². The van der Waals surface area contributed by atoms with E-state index in [2.05, 4.69) is 4.74 Å². The van der Waals surface area contributed by atoms with E-state index in [1.165, 1.54) is 7.11 Å². The van der Waals surface area contributed by atoms with Gasteiger partial charge in [-0.1, -0.05) is 17.7 Å². The van der Waals surface area contributed by atoms with Gasteiger partial charge in [-0.3, -0.25) is 9.59 Å². The van der Waals surface area contributed by atoms with Crippen LogP contribution in [0, 0.1) is 6.92 Å². The molecule has 1 heterocycles. The number of rotatable bonds is 3. The van der Waals surface area contributed by atoms with Gasteiger partial charge in [0.1, 0.15) is 0 Å². The molecule has 6 heteroatoms. The summed E-state index contributed by atoms with van der Waals surface area (Å²) in [5.41, 5.74) is 1.46. The van der Waals surface area contributed by atoms with E-state index in [0.29, 0.717) is 30.3 Å². The molecule has 1 aliphatic rings. The Morgan fingerprint density at radius 1 is 1.48 bits per heavy atom. The number of carbonyl (C=O) groups excluding carboxylic acids is 2. The minimum absolute atomic E-state index is 0.0897. The Bertz CT molecular complexity index is 546. The highest BCUT2D eigenvalue weighted by atomic mass is 35.5. The van der Waals surface area contributed by atoms with Gasteiger partial charge in [0, 0.05) is 23.7 Å². The molecule has 0 aliphatic carbocycles. The van der Waals surface area contributed by atoms with Crippen molar-refractivity contribution in [2.24, 2.45) is 0 Å². The largest absolute Gasteiger partial charge is 0.469 e. The van der Waals surface area contributed by atoms with Gasteiger partial charge in [-0.2, -0.15) is 0 Å². The van der Waals surface area contributed by atoms with Crippen LogP contribution in [-0.2, 0) is 14.3 Å². The minimum Gasteiger partial charge on any atom is -0.469 e. The van der Waals surface area contributed by atoms with E-state index >= 15 is 0 Å². The summed E-state index contributed by atoms with van der Waals surface area (Å²) in [4.78, 5) is 25.6. The number of hydrogen-bond acceptors (Lipinski definition) is 4. The highest BCUT2D eigenvalue weighted by molar-refractivity contribution is 6.31. The molecule has 114 valence electrons. The lowest BCUT2D eigenvalue weighted by atomic mass is 10.1. The Hall–Kier alpha value is -1.59. The van der Waals surface area contributed by atoms with E-state index in [1.807, 2.05) is 13.0 Å². The first-order chi connectivity index (χ1) is 10.0. The topological polar surface area (TPSA) is 55.8 Å². The van der Waals surface area contributed by atoms with Crippen molar-refractivity contribution in [1.29, 1.82) is 0 Å². The smallest absolute Gasteiger partial charge is 0.308 e. The summed E-state index contributed by atoms with van der Waals surface area (Å²) in [6.07, 6.45) is -0.177. The molecule has 0 N–H and O–H groups in total. The summed E-state index contributed by atoms with van der Waals surface area (Å²) < 4.78 is 10.1. The molecule has 1 aromatic carbocycles.